The fourth-order valence-electron chi connectivity index (χ4n) is 1.96. The fraction of sp³-hybridized carbons (Fsp3) is 0.529. The molecule has 1 aromatic carbocycles. The average molecular weight is 339 g/mol. The number of aromatic hydroxyl groups is 1. The van der Waals surface area contributed by atoms with Gasteiger partial charge >= 0.3 is 11.9 Å². The summed E-state index contributed by atoms with van der Waals surface area (Å²) in [5, 5.41) is 22.1. The first-order valence-electron chi connectivity index (χ1n) is 7.61. The number of phenols is 1. The topological polar surface area (TPSA) is 105 Å². The van der Waals surface area contributed by atoms with E-state index in [9.17, 15) is 19.8 Å². The lowest BCUT2D eigenvalue weighted by Crippen LogP contribution is -2.43. The van der Waals surface area contributed by atoms with Crippen LogP contribution in [0.5, 0.6) is 5.75 Å². The highest BCUT2D eigenvalue weighted by Crippen LogP contribution is 2.19. The molecular weight excluding hydrogens is 314 g/mol. The number of carbonyl (C=O) groups excluding carboxylic acids is 2. The molecule has 0 fully saturated rings. The van der Waals surface area contributed by atoms with Crippen LogP contribution >= 0.6 is 0 Å². The van der Waals surface area contributed by atoms with Crippen molar-refractivity contribution in [2.75, 3.05) is 13.7 Å². The molecule has 1 atom stereocenters. The molecule has 7 nitrogen and oxygen atoms in total. The van der Waals surface area contributed by atoms with E-state index < -0.39 is 24.2 Å². The van der Waals surface area contributed by atoms with E-state index in [1.165, 1.54) is 13.2 Å². The molecule has 134 valence electrons. The van der Waals surface area contributed by atoms with Crippen LogP contribution in [0.3, 0.4) is 0 Å². The van der Waals surface area contributed by atoms with Gasteiger partial charge in [0.2, 0.25) is 0 Å². The Bertz CT molecular complexity index is 579. The second-order valence-electron chi connectivity index (χ2n) is 6.37. The Hall–Kier alpha value is -2.12. The number of esters is 2. The lowest BCUT2D eigenvalue weighted by Gasteiger charge is -2.23. The maximum absolute atomic E-state index is 12.0. The van der Waals surface area contributed by atoms with Gasteiger partial charge in [-0.25, -0.2) is 0 Å². The minimum atomic E-state index is -0.909. The SMILES string of the molecule is COC(=O)Cc1ccc(O)c(CNC(CO)C(=O)OC(C)(C)C)c1. The molecule has 0 saturated heterocycles. The Morgan fingerprint density at radius 2 is 1.96 bits per heavy atom. The first-order valence-corrected chi connectivity index (χ1v) is 7.61. The smallest absolute Gasteiger partial charge is 0.326 e. The maximum atomic E-state index is 12.0. The average Bonchev–Trinajstić information content (AvgIpc) is 2.48. The third-order valence-electron chi connectivity index (χ3n) is 3.13. The minimum absolute atomic E-state index is 0.0250. The van der Waals surface area contributed by atoms with Crippen LogP contribution in [0.4, 0.5) is 0 Å². The zero-order valence-electron chi connectivity index (χ0n) is 14.5. The van der Waals surface area contributed by atoms with Crippen molar-refractivity contribution in [2.45, 2.75) is 45.4 Å². The molecule has 1 unspecified atom stereocenters. The van der Waals surface area contributed by atoms with Crippen molar-refractivity contribution in [3.63, 3.8) is 0 Å². The van der Waals surface area contributed by atoms with Crippen molar-refractivity contribution in [3.8, 4) is 5.75 Å². The summed E-state index contributed by atoms with van der Waals surface area (Å²) in [6.07, 6.45) is 0.0826. The van der Waals surface area contributed by atoms with E-state index in [0.29, 0.717) is 11.1 Å². The molecule has 24 heavy (non-hydrogen) atoms. The first-order chi connectivity index (χ1) is 11.2. The summed E-state index contributed by atoms with van der Waals surface area (Å²) in [7, 11) is 1.30. The highest BCUT2D eigenvalue weighted by molar-refractivity contribution is 5.76. The second kappa shape index (κ2) is 8.65. The Morgan fingerprint density at radius 3 is 2.50 bits per heavy atom. The lowest BCUT2D eigenvalue weighted by molar-refractivity contribution is -0.158. The number of hydrogen-bond acceptors (Lipinski definition) is 7. The van der Waals surface area contributed by atoms with E-state index >= 15 is 0 Å². The number of benzene rings is 1. The molecule has 0 amide bonds. The van der Waals surface area contributed by atoms with Gasteiger partial charge in [-0.05, 0) is 32.4 Å². The number of aliphatic hydroxyl groups excluding tert-OH is 1. The number of nitrogens with one attached hydrogen (secondary N) is 1. The van der Waals surface area contributed by atoms with E-state index in [1.807, 2.05) is 0 Å². The molecule has 0 radical (unpaired) electrons. The Morgan fingerprint density at radius 1 is 1.29 bits per heavy atom. The van der Waals surface area contributed by atoms with Gasteiger partial charge in [-0.1, -0.05) is 12.1 Å². The number of carbonyl (C=O) groups is 2. The minimum Gasteiger partial charge on any atom is -0.508 e. The molecule has 0 bridgehead atoms. The van der Waals surface area contributed by atoms with E-state index in [1.54, 1.807) is 32.9 Å². The number of rotatable bonds is 7. The molecule has 7 heteroatoms. The Kier molecular flexibility index (Phi) is 7.18. The molecule has 0 aromatic heterocycles. The van der Waals surface area contributed by atoms with Crippen LogP contribution in [0.15, 0.2) is 18.2 Å². The normalized spacial score (nSPS) is 12.5. The summed E-state index contributed by atoms with van der Waals surface area (Å²) in [6, 6.07) is 3.82. The zero-order chi connectivity index (χ0) is 18.3. The van der Waals surface area contributed by atoms with E-state index in [0.717, 1.165) is 0 Å². The van der Waals surface area contributed by atoms with Gasteiger partial charge in [-0.15, -0.1) is 0 Å². The zero-order valence-corrected chi connectivity index (χ0v) is 14.5. The van der Waals surface area contributed by atoms with E-state index in [4.69, 9.17) is 4.74 Å². The second-order valence-corrected chi connectivity index (χ2v) is 6.37. The van der Waals surface area contributed by atoms with Crippen LogP contribution in [0.2, 0.25) is 0 Å². The predicted molar refractivity (Wildman–Crippen MR) is 87.4 cm³/mol. The molecule has 1 rings (SSSR count). The standard InChI is InChI=1S/C17H25NO6/c1-17(2,3)24-16(22)13(10-19)18-9-12-7-11(5-6-14(12)20)8-15(21)23-4/h5-7,13,18-20H,8-10H2,1-4H3. The summed E-state index contributed by atoms with van der Waals surface area (Å²) in [6.45, 7) is 4.91. The van der Waals surface area contributed by atoms with Crippen LogP contribution in [-0.4, -0.2) is 47.5 Å². The van der Waals surface area contributed by atoms with Crippen LogP contribution in [0.25, 0.3) is 0 Å². The van der Waals surface area contributed by atoms with Gasteiger partial charge in [0.15, 0.2) is 0 Å². The third-order valence-corrected chi connectivity index (χ3v) is 3.13. The van der Waals surface area contributed by atoms with Crippen molar-refractivity contribution < 1.29 is 29.3 Å². The van der Waals surface area contributed by atoms with Crippen molar-refractivity contribution in [3.05, 3.63) is 29.3 Å². The van der Waals surface area contributed by atoms with Crippen LogP contribution in [-0.2, 0) is 32.0 Å². The van der Waals surface area contributed by atoms with Crippen molar-refractivity contribution in [1.29, 1.82) is 0 Å². The molecule has 0 aliphatic rings. The molecule has 0 spiro atoms. The lowest BCUT2D eigenvalue weighted by atomic mass is 10.1. The van der Waals surface area contributed by atoms with Crippen LogP contribution < -0.4 is 5.32 Å². The number of hydrogen-bond donors (Lipinski definition) is 3. The highest BCUT2D eigenvalue weighted by atomic mass is 16.6. The monoisotopic (exact) mass is 339 g/mol. The number of methoxy groups -OCH3 is 1. The van der Waals surface area contributed by atoms with Gasteiger partial charge in [-0.3, -0.25) is 14.9 Å². The maximum Gasteiger partial charge on any atom is 0.326 e. The molecule has 0 saturated carbocycles. The van der Waals surface area contributed by atoms with Crippen molar-refractivity contribution in [2.24, 2.45) is 0 Å². The van der Waals surface area contributed by atoms with Gasteiger partial charge in [0.05, 0.1) is 20.1 Å². The highest BCUT2D eigenvalue weighted by Gasteiger charge is 2.24. The Balaban J connectivity index is 2.75. The van der Waals surface area contributed by atoms with Gasteiger partial charge < -0.3 is 19.7 Å². The van der Waals surface area contributed by atoms with Gasteiger partial charge in [0.1, 0.15) is 17.4 Å². The summed E-state index contributed by atoms with van der Waals surface area (Å²) in [5.41, 5.74) is 0.516. The summed E-state index contributed by atoms with van der Waals surface area (Å²) in [5.74, 6) is -0.936. The molecule has 0 aliphatic heterocycles. The first kappa shape index (κ1) is 19.9. The van der Waals surface area contributed by atoms with Crippen molar-refractivity contribution in [1.82, 2.24) is 5.32 Å². The molecule has 0 aliphatic carbocycles. The van der Waals surface area contributed by atoms with E-state index in [2.05, 4.69) is 10.1 Å². The Labute approximate surface area is 141 Å². The predicted octanol–water partition coefficient (Wildman–Crippen LogP) is 0.900. The molecule has 0 heterocycles. The van der Waals surface area contributed by atoms with Crippen molar-refractivity contribution >= 4 is 11.9 Å². The van der Waals surface area contributed by atoms with Gasteiger partial charge in [0, 0.05) is 12.1 Å². The summed E-state index contributed by atoms with van der Waals surface area (Å²) in [4.78, 5) is 23.3. The summed E-state index contributed by atoms with van der Waals surface area (Å²) >= 11 is 0. The molecule has 1 aromatic rings. The van der Waals surface area contributed by atoms with Crippen LogP contribution in [0.1, 0.15) is 31.9 Å². The summed E-state index contributed by atoms with van der Waals surface area (Å²) < 4.78 is 9.82. The third kappa shape index (κ3) is 6.55. The molecular formula is C17H25NO6. The number of aliphatic hydroxyl groups is 1. The quantitative estimate of drug-likeness (QED) is 0.634. The fourth-order valence-corrected chi connectivity index (χ4v) is 1.96. The van der Waals surface area contributed by atoms with E-state index in [-0.39, 0.29) is 24.7 Å². The number of phenolic OH excluding ortho intramolecular Hbond substituents is 1. The van der Waals surface area contributed by atoms with Gasteiger partial charge in [0.25, 0.3) is 0 Å². The van der Waals surface area contributed by atoms with Gasteiger partial charge in [-0.2, -0.15) is 0 Å². The van der Waals surface area contributed by atoms with Crippen LogP contribution in [0, 0.1) is 0 Å². The number of ether oxygens (including phenoxy) is 2. The molecule has 3 N–H and O–H groups in total. The largest absolute Gasteiger partial charge is 0.508 e.